The molecule has 2 aromatic rings. The number of halogens is 2. The Morgan fingerprint density at radius 1 is 1.08 bits per heavy atom. The van der Waals surface area contributed by atoms with Crippen LogP contribution in [-0.2, 0) is 11.3 Å². The molecule has 26 heavy (non-hydrogen) atoms. The molecule has 5 nitrogen and oxygen atoms in total. The Morgan fingerprint density at radius 3 is 2.50 bits per heavy atom. The van der Waals surface area contributed by atoms with Crippen molar-refractivity contribution in [2.75, 3.05) is 19.8 Å². The third kappa shape index (κ3) is 5.44. The van der Waals surface area contributed by atoms with E-state index in [2.05, 4.69) is 0 Å². The first-order valence-corrected chi connectivity index (χ1v) is 9.00. The highest BCUT2D eigenvalue weighted by molar-refractivity contribution is 6.35. The Hall–Kier alpha value is -2.11. The maximum atomic E-state index is 12.5. The second kappa shape index (κ2) is 9.55. The van der Waals surface area contributed by atoms with Crippen molar-refractivity contribution in [2.45, 2.75) is 20.4 Å². The predicted octanol–water partition coefficient (Wildman–Crippen LogP) is 4.53. The lowest BCUT2D eigenvalue weighted by molar-refractivity contribution is -0.133. The highest BCUT2D eigenvalue weighted by Crippen LogP contribution is 2.28. The Kier molecular flexibility index (Phi) is 7.42. The van der Waals surface area contributed by atoms with Crippen LogP contribution in [0.4, 0.5) is 0 Å². The molecule has 0 aliphatic carbocycles. The topological polar surface area (TPSA) is 59.0 Å². The molecule has 0 unspecified atom stereocenters. The summed E-state index contributed by atoms with van der Waals surface area (Å²) in [5.41, 5.74) is 0.853. The van der Waals surface area contributed by atoms with Gasteiger partial charge < -0.3 is 19.5 Å². The normalized spacial score (nSPS) is 10.5. The van der Waals surface area contributed by atoms with Gasteiger partial charge in [-0.1, -0.05) is 29.3 Å². The summed E-state index contributed by atoms with van der Waals surface area (Å²) < 4.78 is 10.9. The highest BCUT2D eigenvalue weighted by Gasteiger charge is 2.15. The maximum Gasteiger partial charge on any atom is 0.260 e. The standard InChI is InChI=1S/C19H21Cl2NO4/c1-3-22(11-13-5-7-16(23)18(9-13)25-4-2)19(24)12-26-17-8-6-14(20)10-15(17)21/h5-10,23H,3-4,11-12H2,1-2H3. The Labute approximate surface area is 163 Å². The van der Waals surface area contributed by atoms with Crippen molar-refractivity contribution in [1.29, 1.82) is 0 Å². The monoisotopic (exact) mass is 397 g/mol. The van der Waals surface area contributed by atoms with Crippen LogP contribution >= 0.6 is 23.2 Å². The fourth-order valence-electron chi connectivity index (χ4n) is 2.35. The van der Waals surface area contributed by atoms with Gasteiger partial charge in [0.1, 0.15) is 5.75 Å². The Balaban J connectivity index is 2.01. The molecule has 0 bridgehead atoms. The van der Waals surface area contributed by atoms with Crippen molar-refractivity contribution in [2.24, 2.45) is 0 Å². The zero-order valence-corrected chi connectivity index (χ0v) is 16.2. The number of aromatic hydroxyl groups is 1. The molecule has 2 rings (SSSR count). The lowest BCUT2D eigenvalue weighted by Crippen LogP contribution is -2.34. The largest absolute Gasteiger partial charge is 0.504 e. The first-order chi connectivity index (χ1) is 12.4. The summed E-state index contributed by atoms with van der Waals surface area (Å²) in [7, 11) is 0. The van der Waals surface area contributed by atoms with Crippen molar-refractivity contribution >= 4 is 29.1 Å². The van der Waals surface area contributed by atoms with E-state index in [1.807, 2.05) is 13.8 Å². The second-order valence-electron chi connectivity index (χ2n) is 5.51. The number of ether oxygens (including phenoxy) is 2. The molecule has 0 radical (unpaired) electrons. The van der Waals surface area contributed by atoms with Gasteiger partial charge in [0, 0.05) is 18.1 Å². The van der Waals surface area contributed by atoms with Crippen LogP contribution in [0.5, 0.6) is 17.2 Å². The molecule has 0 aliphatic rings. The molecular weight excluding hydrogens is 377 g/mol. The van der Waals surface area contributed by atoms with Crippen molar-refractivity contribution in [3.05, 3.63) is 52.0 Å². The van der Waals surface area contributed by atoms with Crippen molar-refractivity contribution < 1.29 is 19.4 Å². The Morgan fingerprint density at radius 2 is 1.85 bits per heavy atom. The third-order valence-corrected chi connectivity index (χ3v) is 4.21. The number of hydrogen-bond donors (Lipinski definition) is 1. The number of carbonyl (C=O) groups excluding carboxylic acids is 1. The van der Waals surface area contributed by atoms with Crippen molar-refractivity contribution in [3.8, 4) is 17.2 Å². The highest BCUT2D eigenvalue weighted by atomic mass is 35.5. The Bertz CT molecular complexity index is 767. The molecule has 2 aromatic carbocycles. The average Bonchev–Trinajstić information content (AvgIpc) is 2.61. The van der Waals surface area contributed by atoms with Crippen LogP contribution < -0.4 is 9.47 Å². The van der Waals surface area contributed by atoms with Gasteiger partial charge in [0.05, 0.1) is 11.6 Å². The minimum Gasteiger partial charge on any atom is -0.504 e. The van der Waals surface area contributed by atoms with E-state index in [1.165, 1.54) is 0 Å². The fourth-order valence-corrected chi connectivity index (χ4v) is 2.81. The molecule has 1 N–H and O–H groups in total. The van der Waals surface area contributed by atoms with Gasteiger partial charge in [0.25, 0.3) is 5.91 Å². The molecule has 0 aliphatic heterocycles. The van der Waals surface area contributed by atoms with Crippen LogP contribution in [0.25, 0.3) is 0 Å². The zero-order chi connectivity index (χ0) is 19.1. The number of nitrogens with zero attached hydrogens (tertiary/aromatic N) is 1. The first-order valence-electron chi connectivity index (χ1n) is 8.24. The molecule has 0 heterocycles. The van der Waals surface area contributed by atoms with E-state index < -0.39 is 0 Å². The second-order valence-corrected chi connectivity index (χ2v) is 6.35. The van der Waals surface area contributed by atoms with Gasteiger partial charge in [-0.25, -0.2) is 0 Å². The van der Waals surface area contributed by atoms with Crippen LogP contribution in [0.3, 0.4) is 0 Å². The summed E-state index contributed by atoms with van der Waals surface area (Å²) in [4.78, 5) is 14.1. The van der Waals surface area contributed by atoms with Gasteiger partial charge >= 0.3 is 0 Å². The van der Waals surface area contributed by atoms with Crippen LogP contribution in [-0.4, -0.2) is 35.7 Å². The van der Waals surface area contributed by atoms with Crippen LogP contribution in [0.15, 0.2) is 36.4 Å². The van der Waals surface area contributed by atoms with Crippen LogP contribution in [0.1, 0.15) is 19.4 Å². The summed E-state index contributed by atoms with van der Waals surface area (Å²) in [6, 6.07) is 9.88. The summed E-state index contributed by atoms with van der Waals surface area (Å²) in [6.45, 7) is 4.94. The van der Waals surface area contributed by atoms with Gasteiger partial charge in [-0.15, -0.1) is 0 Å². The number of likely N-dealkylation sites (N-methyl/N-ethyl adjacent to an activating group) is 1. The minimum atomic E-state index is -0.176. The smallest absolute Gasteiger partial charge is 0.260 e. The third-order valence-electron chi connectivity index (χ3n) is 3.68. The average molecular weight is 398 g/mol. The van der Waals surface area contributed by atoms with E-state index in [4.69, 9.17) is 32.7 Å². The molecular formula is C19H21Cl2NO4. The summed E-state index contributed by atoms with van der Waals surface area (Å²) in [5, 5.41) is 10.6. The lowest BCUT2D eigenvalue weighted by atomic mass is 10.2. The maximum absolute atomic E-state index is 12.5. The van der Waals surface area contributed by atoms with E-state index >= 15 is 0 Å². The zero-order valence-electron chi connectivity index (χ0n) is 14.7. The van der Waals surface area contributed by atoms with E-state index in [9.17, 15) is 9.90 Å². The van der Waals surface area contributed by atoms with Crippen molar-refractivity contribution in [1.82, 2.24) is 4.90 Å². The SMILES string of the molecule is CCOc1cc(CN(CC)C(=O)COc2ccc(Cl)cc2Cl)ccc1O. The van der Waals surface area contributed by atoms with Crippen molar-refractivity contribution in [3.63, 3.8) is 0 Å². The molecule has 0 aromatic heterocycles. The number of benzene rings is 2. The number of amides is 1. The summed E-state index contributed by atoms with van der Waals surface area (Å²) in [5.74, 6) is 0.705. The molecule has 0 saturated heterocycles. The van der Waals surface area contributed by atoms with Gasteiger partial charge in [0.2, 0.25) is 0 Å². The minimum absolute atomic E-state index is 0.0747. The number of rotatable bonds is 8. The lowest BCUT2D eigenvalue weighted by Gasteiger charge is -2.22. The number of hydrogen-bond acceptors (Lipinski definition) is 4. The predicted molar refractivity (Wildman–Crippen MR) is 102 cm³/mol. The number of carbonyl (C=O) groups is 1. The van der Waals surface area contributed by atoms with E-state index in [0.717, 1.165) is 5.56 Å². The summed E-state index contributed by atoms with van der Waals surface area (Å²) >= 11 is 11.9. The van der Waals surface area contributed by atoms with Crippen LogP contribution in [0, 0.1) is 0 Å². The quantitative estimate of drug-likeness (QED) is 0.710. The summed E-state index contributed by atoms with van der Waals surface area (Å²) in [6.07, 6.45) is 0. The van der Waals surface area contributed by atoms with Gasteiger partial charge in [-0.3, -0.25) is 4.79 Å². The van der Waals surface area contributed by atoms with E-state index in [-0.39, 0.29) is 18.3 Å². The van der Waals surface area contributed by atoms with E-state index in [0.29, 0.717) is 41.2 Å². The van der Waals surface area contributed by atoms with Crippen LogP contribution in [0.2, 0.25) is 10.0 Å². The molecule has 0 saturated carbocycles. The molecule has 0 atom stereocenters. The van der Waals surface area contributed by atoms with Gasteiger partial charge in [0.15, 0.2) is 18.1 Å². The number of phenols is 1. The molecule has 0 fully saturated rings. The molecule has 1 amide bonds. The van der Waals surface area contributed by atoms with E-state index in [1.54, 1.807) is 41.3 Å². The molecule has 140 valence electrons. The first kappa shape index (κ1) is 20.2. The molecule has 7 heteroatoms. The van der Waals surface area contributed by atoms with Gasteiger partial charge in [-0.05, 0) is 49.7 Å². The fraction of sp³-hybridized carbons (Fsp3) is 0.316. The molecule has 0 spiro atoms. The number of phenolic OH excluding ortho intramolecular Hbond substituents is 1. The van der Waals surface area contributed by atoms with Gasteiger partial charge in [-0.2, -0.15) is 0 Å².